The molecular weight excluding hydrogens is 268 g/mol. The summed E-state index contributed by atoms with van der Waals surface area (Å²) >= 11 is 0. The van der Waals surface area contributed by atoms with Crippen LogP contribution in [0.5, 0.6) is 0 Å². The zero-order valence-electron chi connectivity index (χ0n) is 11.9. The average molecular weight is 288 g/mol. The van der Waals surface area contributed by atoms with Gasteiger partial charge in [0.15, 0.2) is 0 Å². The smallest absolute Gasteiger partial charge is 0.256 e. The van der Waals surface area contributed by atoms with Crippen molar-refractivity contribution in [1.29, 1.82) is 0 Å². The minimum absolute atomic E-state index is 0.119. The van der Waals surface area contributed by atoms with Crippen molar-refractivity contribution in [2.45, 2.75) is 25.3 Å². The van der Waals surface area contributed by atoms with E-state index in [9.17, 15) is 9.59 Å². The number of fused-ring (bicyclic) bond motifs is 1. The van der Waals surface area contributed by atoms with Gasteiger partial charge in [-0.25, -0.2) is 0 Å². The van der Waals surface area contributed by atoms with Crippen molar-refractivity contribution in [1.82, 2.24) is 4.90 Å². The summed E-state index contributed by atoms with van der Waals surface area (Å²) in [5, 5.41) is 6.54. The van der Waals surface area contributed by atoms with Gasteiger partial charge in [-0.05, 0) is 31.4 Å². The number of carbonyl (C=O) groups excluding carboxylic acids is 2. The Morgan fingerprint density at radius 3 is 2.81 bits per heavy atom. The molecule has 0 aromatic heterocycles. The van der Waals surface area contributed by atoms with E-state index in [1.165, 1.54) is 0 Å². The summed E-state index contributed by atoms with van der Waals surface area (Å²) in [7, 11) is 0. The third kappa shape index (κ3) is 2.53. The summed E-state index contributed by atoms with van der Waals surface area (Å²) in [4.78, 5) is 26.0. The van der Waals surface area contributed by atoms with Gasteiger partial charge in [-0.1, -0.05) is 6.07 Å². The van der Waals surface area contributed by atoms with Crippen molar-refractivity contribution < 1.29 is 9.59 Å². The number of piperidine rings is 1. The minimum Gasteiger partial charge on any atom is -0.382 e. The fraction of sp³-hybridized carbons (Fsp3) is 0.467. The van der Waals surface area contributed by atoms with Crippen molar-refractivity contribution in [2.75, 3.05) is 30.3 Å². The van der Waals surface area contributed by atoms with Gasteiger partial charge in [0.25, 0.3) is 5.91 Å². The number of hydrogen-bond donors (Lipinski definition) is 3. The lowest BCUT2D eigenvalue weighted by Crippen LogP contribution is -2.50. The molecule has 1 unspecified atom stereocenters. The number of nitrogens with two attached hydrogens (primary N) is 1. The fourth-order valence-electron chi connectivity index (χ4n) is 3.08. The highest BCUT2D eigenvalue weighted by molar-refractivity contribution is 6.04. The Morgan fingerprint density at radius 2 is 2.00 bits per heavy atom. The summed E-state index contributed by atoms with van der Waals surface area (Å²) in [5.41, 5.74) is 7.81. The molecule has 4 N–H and O–H groups in total. The Labute approximate surface area is 123 Å². The number of amides is 2. The predicted molar refractivity (Wildman–Crippen MR) is 81.3 cm³/mol. The van der Waals surface area contributed by atoms with Gasteiger partial charge in [-0.3, -0.25) is 9.59 Å². The molecule has 21 heavy (non-hydrogen) atoms. The van der Waals surface area contributed by atoms with E-state index >= 15 is 0 Å². The molecule has 0 aliphatic carbocycles. The second-order valence-corrected chi connectivity index (χ2v) is 5.49. The average Bonchev–Trinajstić information content (AvgIpc) is 2.53. The van der Waals surface area contributed by atoms with Crippen LogP contribution in [0.15, 0.2) is 18.2 Å². The molecule has 112 valence electrons. The van der Waals surface area contributed by atoms with Gasteiger partial charge in [0.1, 0.15) is 6.04 Å². The predicted octanol–water partition coefficient (Wildman–Crippen LogP) is 1.00. The van der Waals surface area contributed by atoms with E-state index in [-0.39, 0.29) is 5.91 Å². The monoisotopic (exact) mass is 288 g/mol. The van der Waals surface area contributed by atoms with Crippen LogP contribution in [-0.2, 0) is 4.79 Å². The van der Waals surface area contributed by atoms with Crippen LogP contribution in [0.1, 0.15) is 29.6 Å². The molecule has 1 fully saturated rings. The van der Waals surface area contributed by atoms with Gasteiger partial charge in [0, 0.05) is 19.6 Å². The van der Waals surface area contributed by atoms with Crippen molar-refractivity contribution in [3.8, 4) is 0 Å². The van der Waals surface area contributed by atoms with E-state index in [0.29, 0.717) is 18.5 Å². The summed E-state index contributed by atoms with van der Waals surface area (Å²) in [6, 6.07) is 5.11. The van der Waals surface area contributed by atoms with Crippen LogP contribution in [0.4, 0.5) is 11.4 Å². The lowest BCUT2D eigenvalue weighted by atomic mass is 9.99. The third-order valence-electron chi connectivity index (χ3n) is 4.13. The number of carbonyl (C=O) groups is 2. The molecule has 0 spiro atoms. The van der Waals surface area contributed by atoms with E-state index in [0.717, 1.165) is 37.3 Å². The molecule has 2 aliphatic heterocycles. The lowest BCUT2D eigenvalue weighted by molar-refractivity contribution is -0.123. The van der Waals surface area contributed by atoms with Crippen molar-refractivity contribution in [3.05, 3.63) is 23.8 Å². The second kappa shape index (κ2) is 5.63. The van der Waals surface area contributed by atoms with E-state index in [4.69, 9.17) is 5.73 Å². The van der Waals surface area contributed by atoms with E-state index in [1.54, 1.807) is 11.0 Å². The molecule has 0 bridgehead atoms. The fourth-order valence-corrected chi connectivity index (χ4v) is 3.08. The molecule has 2 aliphatic rings. The first-order valence-electron chi connectivity index (χ1n) is 7.39. The zero-order chi connectivity index (χ0) is 14.8. The van der Waals surface area contributed by atoms with Gasteiger partial charge >= 0.3 is 0 Å². The topological polar surface area (TPSA) is 87.5 Å². The van der Waals surface area contributed by atoms with Gasteiger partial charge in [-0.2, -0.15) is 0 Å². The Hall–Kier alpha value is -2.24. The Balaban J connectivity index is 1.92. The standard InChI is InChI=1S/C15H20N4O2/c16-14(20)12-6-1-2-9-19(12)15(21)10-4-3-5-11-13(10)18-8-7-17-11/h3-5,12,17-18H,1-2,6-9H2,(H2,16,20). The van der Waals surface area contributed by atoms with Crippen LogP contribution in [0.2, 0.25) is 0 Å². The maximum Gasteiger partial charge on any atom is 0.256 e. The van der Waals surface area contributed by atoms with Crippen LogP contribution in [-0.4, -0.2) is 42.4 Å². The highest BCUT2D eigenvalue weighted by Gasteiger charge is 2.32. The first kappa shape index (κ1) is 13.7. The number of nitrogens with one attached hydrogen (secondary N) is 2. The molecule has 6 heteroatoms. The number of hydrogen-bond acceptors (Lipinski definition) is 4. The van der Waals surface area contributed by atoms with Crippen LogP contribution in [0, 0.1) is 0 Å². The highest BCUT2D eigenvalue weighted by atomic mass is 16.2. The quantitative estimate of drug-likeness (QED) is 0.758. The zero-order valence-corrected chi connectivity index (χ0v) is 11.9. The number of para-hydroxylation sites is 1. The first-order valence-corrected chi connectivity index (χ1v) is 7.39. The first-order chi connectivity index (χ1) is 10.2. The number of rotatable bonds is 2. The van der Waals surface area contributed by atoms with Gasteiger partial charge < -0.3 is 21.3 Å². The van der Waals surface area contributed by atoms with Gasteiger partial charge in [0.05, 0.1) is 16.9 Å². The Morgan fingerprint density at radius 1 is 1.19 bits per heavy atom. The number of likely N-dealkylation sites (tertiary alicyclic amines) is 1. The molecule has 6 nitrogen and oxygen atoms in total. The molecule has 1 aromatic rings. The molecule has 1 saturated heterocycles. The van der Waals surface area contributed by atoms with Crippen molar-refractivity contribution in [2.24, 2.45) is 5.73 Å². The molecule has 3 rings (SSSR count). The van der Waals surface area contributed by atoms with Crippen LogP contribution in [0.25, 0.3) is 0 Å². The maximum absolute atomic E-state index is 12.8. The largest absolute Gasteiger partial charge is 0.382 e. The van der Waals surface area contributed by atoms with Crippen LogP contribution < -0.4 is 16.4 Å². The summed E-state index contributed by atoms with van der Waals surface area (Å²) in [6.07, 6.45) is 2.50. The summed E-state index contributed by atoms with van der Waals surface area (Å²) in [6.45, 7) is 2.19. The van der Waals surface area contributed by atoms with Gasteiger partial charge in [-0.15, -0.1) is 0 Å². The number of primary amides is 1. The van der Waals surface area contributed by atoms with Crippen LogP contribution in [0.3, 0.4) is 0 Å². The van der Waals surface area contributed by atoms with Gasteiger partial charge in [0.2, 0.25) is 5.91 Å². The Kier molecular flexibility index (Phi) is 3.68. The van der Waals surface area contributed by atoms with Crippen molar-refractivity contribution in [3.63, 3.8) is 0 Å². The molecule has 1 aromatic carbocycles. The minimum atomic E-state index is -0.487. The third-order valence-corrected chi connectivity index (χ3v) is 4.13. The van der Waals surface area contributed by atoms with Crippen LogP contribution >= 0.6 is 0 Å². The van der Waals surface area contributed by atoms with Crippen molar-refractivity contribution >= 4 is 23.2 Å². The second-order valence-electron chi connectivity index (χ2n) is 5.49. The highest BCUT2D eigenvalue weighted by Crippen LogP contribution is 2.30. The summed E-state index contributed by atoms with van der Waals surface area (Å²) in [5.74, 6) is -0.537. The molecule has 0 saturated carbocycles. The molecular formula is C15H20N4O2. The number of anilines is 2. The number of benzene rings is 1. The molecule has 0 radical (unpaired) electrons. The Bertz CT molecular complexity index is 573. The summed E-state index contributed by atoms with van der Waals surface area (Å²) < 4.78 is 0. The number of nitrogens with zero attached hydrogens (tertiary/aromatic N) is 1. The maximum atomic E-state index is 12.8. The van der Waals surface area contributed by atoms with E-state index in [1.807, 2.05) is 12.1 Å². The molecule has 2 amide bonds. The van der Waals surface area contributed by atoms with E-state index < -0.39 is 11.9 Å². The molecule has 2 heterocycles. The van der Waals surface area contributed by atoms with E-state index in [2.05, 4.69) is 10.6 Å². The lowest BCUT2D eigenvalue weighted by Gasteiger charge is -2.34. The normalized spacial score (nSPS) is 21.0. The molecule has 1 atom stereocenters. The SMILES string of the molecule is NC(=O)C1CCCCN1C(=O)c1cccc2c1NCCN2.